The molecule has 3 heteroatoms. The minimum Gasteiger partial charge on any atom is -0.423 e. The molecule has 0 aliphatic carbocycles. The summed E-state index contributed by atoms with van der Waals surface area (Å²) in [5, 5.41) is 0. The third-order valence-corrected chi connectivity index (χ3v) is 1.21. The standard InChI is InChI=1S/C9H9NO2/c1-7(2)9(11)12-8-3-5-10-6-4-8/h3-6H,1H2,2H3. The van der Waals surface area contributed by atoms with Crippen molar-refractivity contribution in [2.45, 2.75) is 6.92 Å². The summed E-state index contributed by atoms with van der Waals surface area (Å²) in [5.74, 6) is 0.0687. The maximum absolute atomic E-state index is 11.0. The van der Waals surface area contributed by atoms with E-state index in [1.807, 2.05) is 0 Å². The predicted molar refractivity (Wildman–Crippen MR) is 44.7 cm³/mol. The monoisotopic (exact) mass is 163 g/mol. The van der Waals surface area contributed by atoms with Crippen molar-refractivity contribution in [1.29, 1.82) is 0 Å². The molecule has 1 aromatic heterocycles. The van der Waals surface area contributed by atoms with Crippen LogP contribution in [0.3, 0.4) is 0 Å². The summed E-state index contributed by atoms with van der Waals surface area (Å²) in [6, 6.07) is 3.22. The van der Waals surface area contributed by atoms with Gasteiger partial charge in [0, 0.05) is 18.0 Å². The highest BCUT2D eigenvalue weighted by Crippen LogP contribution is 2.08. The van der Waals surface area contributed by atoms with Gasteiger partial charge in [-0.25, -0.2) is 4.79 Å². The maximum Gasteiger partial charge on any atom is 0.338 e. The van der Waals surface area contributed by atoms with Gasteiger partial charge in [-0.1, -0.05) is 6.58 Å². The third-order valence-electron chi connectivity index (χ3n) is 1.21. The molecule has 62 valence electrons. The fourth-order valence-corrected chi connectivity index (χ4v) is 0.600. The molecule has 0 aromatic carbocycles. The summed E-state index contributed by atoms with van der Waals surface area (Å²) in [5.41, 5.74) is 0.381. The van der Waals surface area contributed by atoms with E-state index in [9.17, 15) is 4.79 Å². The van der Waals surface area contributed by atoms with Crippen LogP contribution in [0, 0.1) is 0 Å². The zero-order valence-corrected chi connectivity index (χ0v) is 6.78. The van der Waals surface area contributed by atoms with Gasteiger partial charge in [0.15, 0.2) is 0 Å². The average molecular weight is 163 g/mol. The Hall–Kier alpha value is -1.64. The molecule has 0 unspecified atom stereocenters. The Morgan fingerprint density at radius 2 is 2.08 bits per heavy atom. The molecule has 0 radical (unpaired) electrons. The van der Waals surface area contributed by atoms with Gasteiger partial charge in [0.1, 0.15) is 5.75 Å². The second kappa shape index (κ2) is 3.67. The number of carbonyl (C=O) groups excluding carboxylic acids is 1. The number of esters is 1. The summed E-state index contributed by atoms with van der Waals surface area (Å²) >= 11 is 0. The predicted octanol–water partition coefficient (Wildman–Crippen LogP) is 1.56. The largest absolute Gasteiger partial charge is 0.423 e. The number of rotatable bonds is 2. The fraction of sp³-hybridized carbons (Fsp3) is 0.111. The molecule has 0 aliphatic heterocycles. The van der Waals surface area contributed by atoms with Gasteiger partial charge < -0.3 is 4.74 Å². The molecule has 12 heavy (non-hydrogen) atoms. The maximum atomic E-state index is 11.0. The van der Waals surface area contributed by atoms with Crippen LogP contribution in [0.1, 0.15) is 6.92 Å². The van der Waals surface area contributed by atoms with Crippen LogP contribution >= 0.6 is 0 Å². The van der Waals surface area contributed by atoms with Gasteiger partial charge in [0.05, 0.1) is 0 Å². The van der Waals surface area contributed by atoms with Crippen LogP contribution in [-0.4, -0.2) is 11.0 Å². The van der Waals surface area contributed by atoms with Crippen LogP contribution < -0.4 is 4.74 Å². The van der Waals surface area contributed by atoms with Crippen molar-refractivity contribution >= 4 is 5.97 Å². The van der Waals surface area contributed by atoms with Crippen molar-refractivity contribution < 1.29 is 9.53 Å². The Labute approximate surface area is 70.7 Å². The first-order chi connectivity index (χ1) is 5.70. The van der Waals surface area contributed by atoms with Crippen molar-refractivity contribution in [3.8, 4) is 5.75 Å². The zero-order chi connectivity index (χ0) is 8.97. The van der Waals surface area contributed by atoms with E-state index in [0.717, 1.165) is 0 Å². The first-order valence-corrected chi connectivity index (χ1v) is 3.48. The van der Waals surface area contributed by atoms with Crippen LogP contribution in [0.15, 0.2) is 36.7 Å². The number of aromatic nitrogens is 1. The van der Waals surface area contributed by atoms with Gasteiger partial charge >= 0.3 is 5.97 Å². The van der Waals surface area contributed by atoms with Crippen LogP contribution in [-0.2, 0) is 4.79 Å². The molecule has 1 rings (SSSR count). The second-order valence-corrected chi connectivity index (χ2v) is 2.35. The van der Waals surface area contributed by atoms with Gasteiger partial charge in [0.2, 0.25) is 0 Å². The highest BCUT2D eigenvalue weighted by atomic mass is 16.5. The number of pyridine rings is 1. The van der Waals surface area contributed by atoms with Gasteiger partial charge in [-0.05, 0) is 19.1 Å². The summed E-state index contributed by atoms with van der Waals surface area (Å²) in [6.45, 7) is 5.06. The smallest absolute Gasteiger partial charge is 0.338 e. The topological polar surface area (TPSA) is 39.2 Å². The van der Waals surface area contributed by atoms with Gasteiger partial charge in [-0.3, -0.25) is 4.98 Å². The molecule has 0 amide bonds. The van der Waals surface area contributed by atoms with Crippen LogP contribution in [0.2, 0.25) is 0 Å². The van der Waals surface area contributed by atoms with Crippen molar-refractivity contribution in [3.63, 3.8) is 0 Å². The number of ether oxygens (including phenoxy) is 1. The van der Waals surface area contributed by atoms with E-state index < -0.39 is 5.97 Å². The normalized spacial score (nSPS) is 9.08. The van der Waals surface area contributed by atoms with E-state index in [0.29, 0.717) is 11.3 Å². The quantitative estimate of drug-likeness (QED) is 0.490. The molecule has 0 aliphatic rings. The second-order valence-electron chi connectivity index (χ2n) is 2.35. The lowest BCUT2D eigenvalue weighted by Crippen LogP contribution is -2.07. The number of hydrogen-bond acceptors (Lipinski definition) is 3. The van der Waals surface area contributed by atoms with E-state index in [2.05, 4.69) is 11.6 Å². The lowest BCUT2D eigenvalue weighted by molar-refractivity contribution is -0.130. The van der Waals surface area contributed by atoms with Crippen molar-refractivity contribution in [2.24, 2.45) is 0 Å². The first-order valence-electron chi connectivity index (χ1n) is 3.48. The van der Waals surface area contributed by atoms with Crippen LogP contribution in [0.5, 0.6) is 5.75 Å². The molecule has 0 atom stereocenters. The molecule has 3 nitrogen and oxygen atoms in total. The Balaban J connectivity index is 2.65. The van der Waals surface area contributed by atoms with Gasteiger partial charge in [-0.15, -0.1) is 0 Å². The highest BCUT2D eigenvalue weighted by molar-refractivity contribution is 5.88. The van der Waals surface area contributed by atoms with Gasteiger partial charge in [0.25, 0.3) is 0 Å². The van der Waals surface area contributed by atoms with Crippen molar-refractivity contribution in [3.05, 3.63) is 36.7 Å². The molecule has 1 heterocycles. The van der Waals surface area contributed by atoms with Crippen LogP contribution in [0.4, 0.5) is 0 Å². The highest BCUT2D eigenvalue weighted by Gasteiger charge is 2.03. The van der Waals surface area contributed by atoms with Crippen molar-refractivity contribution in [2.75, 3.05) is 0 Å². The molecule has 0 N–H and O–H groups in total. The molecule has 0 spiro atoms. The van der Waals surface area contributed by atoms with Crippen molar-refractivity contribution in [1.82, 2.24) is 4.98 Å². The average Bonchev–Trinajstić information content (AvgIpc) is 2.06. The van der Waals surface area contributed by atoms with E-state index in [1.165, 1.54) is 0 Å². The minimum atomic E-state index is -0.416. The SMILES string of the molecule is C=C(C)C(=O)Oc1ccncc1. The lowest BCUT2D eigenvalue weighted by Gasteiger charge is -2.01. The number of nitrogens with zero attached hydrogens (tertiary/aromatic N) is 1. The lowest BCUT2D eigenvalue weighted by atomic mass is 10.3. The Morgan fingerprint density at radius 3 is 2.58 bits per heavy atom. The summed E-state index contributed by atoms with van der Waals surface area (Å²) < 4.78 is 4.90. The molecule has 1 aromatic rings. The van der Waals surface area contributed by atoms with E-state index in [4.69, 9.17) is 4.74 Å². The van der Waals surface area contributed by atoms with E-state index in [-0.39, 0.29) is 0 Å². The zero-order valence-electron chi connectivity index (χ0n) is 6.78. The molecular weight excluding hydrogens is 154 g/mol. The molecule has 0 bridgehead atoms. The molecule has 0 fully saturated rings. The van der Waals surface area contributed by atoms with Gasteiger partial charge in [-0.2, -0.15) is 0 Å². The summed E-state index contributed by atoms with van der Waals surface area (Å²) in [4.78, 5) is 14.8. The molecule has 0 saturated carbocycles. The fourth-order valence-electron chi connectivity index (χ4n) is 0.600. The first kappa shape index (κ1) is 8.46. The van der Waals surface area contributed by atoms with E-state index >= 15 is 0 Å². The Morgan fingerprint density at radius 1 is 1.50 bits per heavy atom. The van der Waals surface area contributed by atoms with E-state index in [1.54, 1.807) is 31.5 Å². The van der Waals surface area contributed by atoms with Crippen LogP contribution in [0.25, 0.3) is 0 Å². The number of hydrogen-bond donors (Lipinski definition) is 0. The Kier molecular flexibility index (Phi) is 2.58. The molecule has 0 saturated heterocycles. The molecular formula is C9H9NO2. The third kappa shape index (κ3) is 2.20. The minimum absolute atomic E-state index is 0.381. The summed E-state index contributed by atoms with van der Waals surface area (Å²) in [7, 11) is 0. The number of carbonyl (C=O) groups is 1. The Bertz CT molecular complexity index is 293. The summed E-state index contributed by atoms with van der Waals surface area (Å²) in [6.07, 6.45) is 3.11.